The minimum Gasteiger partial charge on any atom is -0.435 e. The van der Waals surface area contributed by atoms with E-state index in [9.17, 15) is 4.39 Å². The number of rotatable bonds is 3. The van der Waals surface area contributed by atoms with Gasteiger partial charge in [0.05, 0.1) is 0 Å². The maximum atomic E-state index is 13.9. The quantitative estimate of drug-likeness (QED) is 0.789. The smallest absolute Gasteiger partial charge is 0.227 e. The molecule has 1 heterocycles. The lowest BCUT2D eigenvalue weighted by Gasteiger charge is -2.11. The first kappa shape index (κ1) is 13.7. The predicted molar refractivity (Wildman–Crippen MR) is 72.4 cm³/mol. The number of benzene rings is 1. The Morgan fingerprint density at radius 2 is 2.00 bits per heavy atom. The summed E-state index contributed by atoms with van der Waals surface area (Å²) in [6, 6.07) is 4.97. The summed E-state index contributed by atoms with van der Waals surface area (Å²) in [7, 11) is 0. The van der Waals surface area contributed by atoms with E-state index in [-0.39, 0.29) is 5.75 Å². The first-order chi connectivity index (χ1) is 9.02. The third-order valence-corrected chi connectivity index (χ3v) is 3.14. The van der Waals surface area contributed by atoms with E-state index < -0.39 is 5.82 Å². The zero-order valence-corrected chi connectivity index (χ0v) is 11.8. The van der Waals surface area contributed by atoms with Gasteiger partial charge < -0.3 is 4.74 Å². The predicted octanol–water partition coefficient (Wildman–Crippen LogP) is 4.24. The van der Waals surface area contributed by atoms with Crippen molar-refractivity contribution in [3.05, 3.63) is 46.1 Å². The van der Waals surface area contributed by atoms with Crippen LogP contribution in [0.4, 0.5) is 4.39 Å². The molecule has 3 nitrogen and oxygen atoms in total. The van der Waals surface area contributed by atoms with Crippen molar-refractivity contribution in [2.75, 3.05) is 0 Å². The second kappa shape index (κ2) is 5.53. The second-order valence-corrected chi connectivity index (χ2v) is 4.56. The van der Waals surface area contributed by atoms with Crippen molar-refractivity contribution < 1.29 is 9.13 Å². The standard InChI is InChI=1S/C14H14ClFN2O/c1-4-11-17-13(15)9(3)14(18-11)19-10-7-5-6-8(2)12(10)16/h5-7H,4H2,1-3H3. The third-order valence-electron chi connectivity index (χ3n) is 2.77. The maximum absolute atomic E-state index is 13.9. The van der Waals surface area contributed by atoms with Crippen LogP contribution in [0, 0.1) is 19.7 Å². The van der Waals surface area contributed by atoms with Gasteiger partial charge >= 0.3 is 0 Å². The largest absolute Gasteiger partial charge is 0.435 e. The summed E-state index contributed by atoms with van der Waals surface area (Å²) in [5.41, 5.74) is 1.12. The molecule has 0 aliphatic carbocycles. The molecule has 5 heteroatoms. The van der Waals surface area contributed by atoms with E-state index in [4.69, 9.17) is 16.3 Å². The summed E-state index contributed by atoms with van der Waals surface area (Å²) in [6.07, 6.45) is 0.632. The topological polar surface area (TPSA) is 35.0 Å². The van der Waals surface area contributed by atoms with Crippen LogP contribution < -0.4 is 4.74 Å². The summed E-state index contributed by atoms with van der Waals surface area (Å²) in [4.78, 5) is 8.35. The van der Waals surface area contributed by atoms with Gasteiger partial charge in [-0.3, -0.25) is 0 Å². The molecule has 0 unspecified atom stereocenters. The van der Waals surface area contributed by atoms with Crippen molar-refractivity contribution in [2.45, 2.75) is 27.2 Å². The molecule has 0 amide bonds. The molecule has 0 aliphatic heterocycles. The van der Waals surface area contributed by atoms with Gasteiger partial charge in [-0.25, -0.2) is 9.37 Å². The Balaban J connectivity index is 2.43. The van der Waals surface area contributed by atoms with Crippen LogP contribution in [0.5, 0.6) is 11.6 Å². The first-order valence-electron chi connectivity index (χ1n) is 5.99. The van der Waals surface area contributed by atoms with Crippen LogP contribution in [0.25, 0.3) is 0 Å². The highest BCUT2D eigenvalue weighted by atomic mass is 35.5. The van der Waals surface area contributed by atoms with Gasteiger partial charge in [0.15, 0.2) is 11.6 Å². The molecule has 2 rings (SSSR count). The first-order valence-corrected chi connectivity index (χ1v) is 6.36. The van der Waals surface area contributed by atoms with Crippen LogP contribution in [0.15, 0.2) is 18.2 Å². The average molecular weight is 281 g/mol. The molecule has 0 aliphatic rings. The Morgan fingerprint density at radius 1 is 1.26 bits per heavy atom. The average Bonchev–Trinajstić information content (AvgIpc) is 2.39. The molecule has 0 saturated carbocycles. The normalized spacial score (nSPS) is 10.6. The van der Waals surface area contributed by atoms with Crippen molar-refractivity contribution in [3.8, 4) is 11.6 Å². The Labute approximate surface area is 116 Å². The summed E-state index contributed by atoms with van der Waals surface area (Å²) in [5.74, 6) is 0.606. The molecular formula is C14H14ClFN2O. The van der Waals surface area contributed by atoms with E-state index in [1.807, 2.05) is 6.92 Å². The van der Waals surface area contributed by atoms with Crippen LogP contribution in [0.2, 0.25) is 5.15 Å². The summed E-state index contributed by atoms with van der Waals surface area (Å²) in [5, 5.41) is 0.329. The molecule has 0 N–H and O–H groups in total. The zero-order chi connectivity index (χ0) is 14.0. The van der Waals surface area contributed by atoms with Crippen LogP contribution in [-0.4, -0.2) is 9.97 Å². The lowest BCUT2D eigenvalue weighted by molar-refractivity contribution is 0.419. The second-order valence-electron chi connectivity index (χ2n) is 4.20. The van der Waals surface area contributed by atoms with E-state index in [0.29, 0.717) is 34.4 Å². The van der Waals surface area contributed by atoms with Gasteiger partial charge in [0, 0.05) is 12.0 Å². The Morgan fingerprint density at radius 3 is 2.68 bits per heavy atom. The van der Waals surface area contributed by atoms with Gasteiger partial charge in [-0.1, -0.05) is 30.7 Å². The molecule has 0 fully saturated rings. The number of aryl methyl sites for hydroxylation is 2. The molecule has 1 aromatic carbocycles. The van der Waals surface area contributed by atoms with Gasteiger partial charge in [0.25, 0.3) is 0 Å². The molecule has 100 valence electrons. The molecule has 1 aromatic heterocycles. The van der Waals surface area contributed by atoms with Gasteiger partial charge in [-0.05, 0) is 25.5 Å². The van der Waals surface area contributed by atoms with E-state index >= 15 is 0 Å². The zero-order valence-electron chi connectivity index (χ0n) is 11.0. The fourth-order valence-corrected chi connectivity index (χ4v) is 1.75. The van der Waals surface area contributed by atoms with E-state index in [0.717, 1.165) is 0 Å². The van der Waals surface area contributed by atoms with Gasteiger partial charge in [0.2, 0.25) is 5.88 Å². The molecule has 19 heavy (non-hydrogen) atoms. The molecular weight excluding hydrogens is 267 g/mol. The lowest BCUT2D eigenvalue weighted by Crippen LogP contribution is -2.01. The fourth-order valence-electron chi connectivity index (χ4n) is 1.57. The number of hydrogen-bond acceptors (Lipinski definition) is 3. The van der Waals surface area contributed by atoms with E-state index in [2.05, 4.69) is 9.97 Å². The van der Waals surface area contributed by atoms with Crippen LogP contribution in [0.3, 0.4) is 0 Å². The van der Waals surface area contributed by atoms with Crippen molar-refractivity contribution >= 4 is 11.6 Å². The lowest BCUT2D eigenvalue weighted by atomic mass is 10.2. The Bertz CT molecular complexity index is 617. The summed E-state index contributed by atoms with van der Waals surface area (Å²) < 4.78 is 19.4. The van der Waals surface area contributed by atoms with E-state index in [1.54, 1.807) is 32.0 Å². The highest BCUT2D eigenvalue weighted by Gasteiger charge is 2.13. The van der Waals surface area contributed by atoms with Crippen LogP contribution in [-0.2, 0) is 6.42 Å². The molecule has 0 bridgehead atoms. The highest BCUT2D eigenvalue weighted by molar-refractivity contribution is 6.30. The monoisotopic (exact) mass is 280 g/mol. The summed E-state index contributed by atoms with van der Waals surface area (Å²) in [6.45, 7) is 5.34. The van der Waals surface area contributed by atoms with Gasteiger partial charge in [-0.15, -0.1) is 0 Å². The SMILES string of the molecule is CCc1nc(Cl)c(C)c(Oc2cccc(C)c2F)n1. The van der Waals surface area contributed by atoms with Crippen LogP contribution >= 0.6 is 11.6 Å². The van der Waals surface area contributed by atoms with E-state index in [1.165, 1.54) is 0 Å². The number of aromatic nitrogens is 2. The van der Waals surface area contributed by atoms with Crippen LogP contribution in [0.1, 0.15) is 23.9 Å². The minimum absolute atomic E-state index is 0.139. The number of halogens is 2. The Hall–Kier alpha value is -1.68. The van der Waals surface area contributed by atoms with Crippen molar-refractivity contribution in [3.63, 3.8) is 0 Å². The van der Waals surface area contributed by atoms with Crippen molar-refractivity contribution in [1.82, 2.24) is 9.97 Å². The molecule has 0 saturated heterocycles. The summed E-state index contributed by atoms with van der Waals surface area (Å²) >= 11 is 6.01. The third kappa shape index (κ3) is 2.84. The number of nitrogens with zero attached hydrogens (tertiary/aromatic N) is 2. The number of hydrogen-bond donors (Lipinski definition) is 0. The maximum Gasteiger partial charge on any atom is 0.227 e. The minimum atomic E-state index is -0.394. The number of ether oxygens (including phenoxy) is 1. The molecule has 0 atom stereocenters. The van der Waals surface area contributed by atoms with Crippen molar-refractivity contribution in [1.29, 1.82) is 0 Å². The molecule has 0 radical (unpaired) electrons. The van der Waals surface area contributed by atoms with Gasteiger partial charge in [0.1, 0.15) is 11.0 Å². The van der Waals surface area contributed by atoms with Gasteiger partial charge in [-0.2, -0.15) is 4.98 Å². The highest BCUT2D eigenvalue weighted by Crippen LogP contribution is 2.29. The van der Waals surface area contributed by atoms with Crippen molar-refractivity contribution in [2.24, 2.45) is 0 Å². The fraction of sp³-hybridized carbons (Fsp3) is 0.286. The molecule has 0 spiro atoms. The Kier molecular flexibility index (Phi) is 4.00. The molecule has 2 aromatic rings.